The summed E-state index contributed by atoms with van der Waals surface area (Å²) < 4.78 is 0.640. The molecule has 0 fully saturated rings. The number of nitrogens with zero attached hydrogens (tertiary/aromatic N) is 1. The maximum atomic E-state index is 11.0. The molecular formula is C8H8N2O4. The monoisotopic (exact) mass is 196 g/mol. The van der Waals surface area contributed by atoms with Crippen LogP contribution >= 0.6 is 0 Å². The van der Waals surface area contributed by atoms with Crippen molar-refractivity contribution in [3.63, 3.8) is 0 Å². The fourth-order valence-electron chi connectivity index (χ4n) is 0.746. The molecule has 0 spiro atoms. The number of nitrogens with one attached hydrogen (secondary N) is 1. The van der Waals surface area contributed by atoms with Crippen molar-refractivity contribution in [1.29, 1.82) is 0 Å². The van der Waals surface area contributed by atoms with Gasteiger partial charge in [-0.3, -0.25) is 9.78 Å². The maximum Gasteiger partial charge on any atom is 0.361 e. The number of aromatic nitrogens is 2. The lowest BCUT2D eigenvalue weighted by Crippen LogP contribution is -2.36. The van der Waals surface area contributed by atoms with E-state index in [2.05, 4.69) is 11.4 Å². The van der Waals surface area contributed by atoms with Crippen LogP contribution in [-0.4, -0.2) is 15.7 Å². The van der Waals surface area contributed by atoms with E-state index in [1.165, 1.54) is 6.92 Å². The molecule has 0 saturated carbocycles. The van der Waals surface area contributed by atoms with E-state index in [4.69, 9.17) is 0 Å². The number of carbonyl (C=O) groups excluding carboxylic acids is 1. The van der Waals surface area contributed by atoms with Crippen molar-refractivity contribution in [2.75, 3.05) is 0 Å². The van der Waals surface area contributed by atoms with Crippen molar-refractivity contribution in [3.8, 4) is 0 Å². The lowest BCUT2D eigenvalue weighted by Gasteiger charge is -2.02. The summed E-state index contributed by atoms with van der Waals surface area (Å²) in [5.41, 5.74) is -1.06. The number of hydrogen-bond donors (Lipinski definition) is 1. The van der Waals surface area contributed by atoms with Crippen molar-refractivity contribution in [3.05, 3.63) is 45.3 Å². The lowest BCUT2D eigenvalue weighted by atomic mass is 10.4. The van der Waals surface area contributed by atoms with Crippen molar-refractivity contribution < 1.29 is 9.63 Å². The largest absolute Gasteiger partial charge is 0.361 e. The second-order valence-electron chi connectivity index (χ2n) is 2.51. The molecule has 0 aromatic carbocycles. The van der Waals surface area contributed by atoms with Gasteiger partial charge in [-0.1, -0.05) is 6.58 Å². The van der Waals surface area contributed by atoms with E-state index in [9.17, 15) is 14.4 Å². The highest BCUT2D eigenvalue weighted by Gasteiger charge is 2.03. The van der Waals surface area contributed by atoms with Crippen LogP contribution < -0.4 is 16.1 Å². The van der Waals surface area contributed by atoms with Crippen LogP contribution in [0.4, 0.5) is 0 Å². The minimum atomic E-state index is -0.809. The van der Waals surface area contributed by atoms with Gasteiger partial charge in [0, 0.05) is 11.6 Å². The fourth-order valence-corrected chi connectivity index (χ4v) is 0.746. The number of aromatic amines is 1. The van der Waals surface area contributed by atoms with Crippen LogP contribution in [0.15, 0.2) is 28.4 Å². The molecule has 1 aromatic heterocycles. The van der Waals surface area contributed by atoms with E-state index in [1.807, 2.05) is 4.98 Å². The molecule has 0 aliphatic carbocycles. The maximum absolute atomic E-state index is 11.0. The van der Waals surface area contributed by atoms with Crippen LogP contribution in [0.1, 0.15) is 5.56 Å². The molecule has 0 unspecified atom stereocenters. The normalized spacial score (nSPS) is 9.50. The van der Waals surface area contributed by atoms with Crippen LogP contribution in [0.25, 0.3) is 0 Å². The Bertz CT molecular complexity index is 483. The van der Waals surface area contributed by atoms with Gasteiger partial charge in [0.1, 0.15) is 0 Å². The Labute approximate surface area is 78.4 Å². The summed E-state index contributed by atoms with van der Waals surface area (Å²) in [6.07, 6.45) is 2.04. The average Bonchev–Trinajstić information content (AvgIpc) is 2.14. The molecular weight excluding hydrogens is 188 g/mol. The molecule has 1 rings (SSSR count). The zero-order valence-electron chi connectivity index (χ0n) is 7.44. The summed E-state index contributed by atoms with van der Waals surface area (Å²) in [6, 6.07) is 0. The summed E-state index contributed by atoms with van der Waals surface area (Å²) >= 11 is 0. The SMILES string of the molecule is C=CC(=O)On1cc(C)c(=O)[nH]c1=O. The summed E-state index contributed by atoms with van der Waals surface area (Å²) in [4.78, 5) is 39.2. The van der Waals surface area contributed by atoms with Crippen LogP contribution in [0.3, 0.4) is 0 Å². The first-order valence-electron chi connectivity index (χ1n) is 3.72. The van der Waals surface area contributed by atoms with E-state index in [1.54, 1.807) is 0 Å². The van der Waals surface area contributed by atoms with Crippen molar-refractivity contribution in [1.82, 2.24) is 9.71 Å². The first-order valence-corrected chi connectivity index (χ1v) is 3.72. The molecule has 1 heterocycles. The average molecular weight is 196 g/mol. The number of hydrogen-bond acceptors (Lipinski definition) is 4. The molecule has 0 saturated heterocycles. The molecule has 74 valence electrons. The summed E-state index contributed by atoms with van der Waals surface area (Å²) in [7, 11) is 0. The third-order valence-electron chi connectivity index (χ3n) is 1.44. The second kappa shape index (κ2) is 3.73. The predicted molar refractivity (Wildman–Crippen MR) is 47.8 cm³/mol. The van der Waals surface area contributed by atoms with Gasteiger partial charge in [-0.05, 0) is 6.92 Å². The Morgan fingerprint density at radius 3 is 2.86 bits per heavy atom. The van der Waals surface area contributed by atoms with Gasteiger partial charge in [0.05, 0.1) is 6.20 Å². The zero-order chi connectivity index (χ0) is 10.7. The third-order valence-corrected chi connectivity index (χ3v) is 1.44. The van der Waals surface area contributed by atoms with E-state index in [-0.39, 0.29) is 5.56 Å². The molecule has 6 nitrogen and oxygen atoms in total. The molecule has 0 aliphatic rings. The van der Waals surface area contributed by atoms with Gasteiger partial charge in [-0.25, -0.2) is 9.59 Å². The zero-order valence-corrected chi connectivity index (χ0v) is 7.44. The molecule has 0 bridgehead atoms. The summed E-state index contributed by atoms with van der Waals surface area (Å²) in [6.45, 7) is 4.65. The molecule has 6 heteroatoms. The van der Waals surface area contributed by atoms with Crippen molar-refractivity contribution in [2.45, 2.75) is 6.92 Å². The van der Waals surface area contributed by atoms with Crippen molar-refractivity contribution in [2.24, 2.45) is 0 Å². The molecule has 1 aromatic rings. The highest BCUT2D eigenvalue weighted by molar-refractivity contribution is 5.81. The number of H-pyrrole nitrogens is 1. The summed E-state index contributed by atoms with van der Waals surface area (Å²) in [5, 5.41) is 0. The third kappa shape index (κ3) is 1.98. The van der Waals surface area contributed by atoms with Crippen LogP contribution in [-0.2, 0) is 4.79 Å². The quantitative estimate of drug-likeness (QED) is 0.614. The van der Waals surface area contributed by atoms with Gasteiger partial charge in [-0.2, -0.15) is 0 Å². The van der Waals surface area contributed by atoms with Crippen LogP contribution in [0.5, 0.6) is 0 Å². The molecule has 0 aliphatic heterocycles. The lowest BCUT2D eigenvalue weighted by molar-refractivity contribution is -0.138. The van der Waals surface area contributed by atoms with Crippen molar-refractivity contribution >= 4 is 5.97 Å². The highest BCUT2D eigenvalue weighted by atomic mass is 16.7. The van der Waals surface area contributed by atoms with E-state index in [0.29, 0.717) is 4.73 Å². The van der Waals surface area contributed by atoms with E-state index < -0.39 is 17.2 Å². The molecule has 0 amide bonds. The topological polar surface area (TPSA) is 81.2 Å². The number of rotatable bonds is 2. The minimum Gasteiger partial charge on any atom is -0.327 e. The van der Waals surface area contributed by atoms with Gasteiger partial charge in [-0.15, -0.1) is 4.73 Å². The van der Waals surface area contributed by atoms with E-state index >= 15 is 0 Å². The molecule has 1 N–H and O–H groups in total. The molecule has 14 heavy (non-hydrogen) atoms. The Balaban J connectivity index is 3.17. The fraction of sp³-hybridized carbons (Fsp3) is 0.125. The molecule has 0 atom stereocenters. The Morgan fingerprint density at radius 2 is 2.29 bits per heavy atom. The van der Waals surface area contributed by atoms with Gasteiger partial charge < -0.3 is 4.84 Å². The first-order chi connectivity index (χ1) is 6.54. The number of carbonyl (C=O) groups is 1. The Kier molecular flexibility index (Phi) is 2.66. The highest BCUT2D eigenvalue weighted by Crippen LogP contribution is 1.81. The first kappa shape index (κ1) is 9.97. The molecule has 0 radical (unpaired) electrons. The van der Waals surface area contributed by atoms with Gasteiger partial charge >= 0.3 is 11.7 Å². The van der Waals surface area contributed by atoms with Gasteiger partial charge in [0.2, 0.25) is 0 Å². The van der Waals surface area contributed by atoms with Gasteiger partial charge in [0.25, 0.3) is 5.56 Å². The van der Waals surface area contributed by atoms with Crippen LogP contribution in [0, 0.1) is 6.92 Å². The number of aryl methyl sites for hydroxylation is 1. The Morgan fingerprint density at radius 1 is 1.64 bits per heavy atom. The Hall–Kier alpha value is -2.11. The smallest absolute Gasteiger partial charge is 0.327 e. The second-order valence-corrected chi connectivity index (χ2v) is 2.51. The minimum absolute atomic E-state index is 0.265. The standard InChI is InChI=1S/C8H8N2O4/c1-3-6(11)14-10-4-5(2)7(12)9-8(10)13/h3-4H,1H2,2H3,(H,9,12,13). The summed E-state index contributed by atoms with van der Waals surface area (Å²) in [5.74, 6) is -0.779. The van der Waals surface area contributed by atoms with E-state index in [0.717, 1.165) is 12.3 Å². The van der Waals surface area contributed by atoms with Crippen LogP contribution in [0.2, 0.25) is 0 Å². The predicted octanol–water partition coefficient (Wildman–Crippen LogP) is -1.01. The van der Waals surface area contributed by atoms with Gasteiger partial charge in [0.15, 0.2) is 0 Å².